The van der Waals surface area contributed by atoms with Crippen molar-refractivity contribution in [2.75, 3.05) is 6.54 Å². The molecule has 1 atom stereocenters. The minimum Gasteiger partial charge on any atom is -0.343 e. The van der Waals surface area contributed by atoms with E-state index in [0.717, 1.165) is 25.1 Å². The number of aromatic nitrogens is 4. The Morgan fingerprint density at radius 2 is 2.37 bits per heavy atom. The zero-order valence-electron chi connectivity index (χ0n) is 10.7. The van der Waals surface area contributed by atoms with E-state index in [1.165, 1.54) is 0 Å². The van der Waals surface area contributed by atoms with Gasteiger partial charge in [-0.25, -0.2) is 9.97 Å². The Labute approximate surface area is 110 Å². The Morgan fingerprint density at radius 3 is 3.11 bits per heavy atom. The predicted octanol–water partition coefficient (Wildman–Crippen LogP) is 1.55. The van der Waals surface area contributed by atoms with Crippen molar-refractivity contribution in [3.8, 4) is 11.5 Å². The minimum atomic E-state index is 0.0416. The Balaban J connectivity index is 1.93. The van der Waals surface area contributed by atoms with Crippen molar-refractivity contribution in [1.82, 2.24) is 24.8 Å². The maximum Gasteiger partial charge on any atom is 0.220 e. The first-order chi connectivity index (χ1) is 9.25. The van der Waals surface area contributed by atoms with E-state index in [2.05, 4.69) is 19.9 Å². The summed E-state index contributed by atoms with van der Waals surface area (Å²) < 4.78 is 0. The predicted molar refractivity (Wildman–Crippen MR) is 69.0 cm³/mol. The van der Waals surface area contributed by atoms with Gasteiger partial charge in [0.25, 0.3) is 0 Å². The number of nitrogens with one attached hydrogen (secondary N) is 1. The van der Waals surface area contributed by atoms with E-state index in [-0.39, 0.29) is 11.9 Å². The van der Waals surface area contributed by atoms with E-state index in [9.17, 15) is 4.79 Å². The summed E-state index contributed by atoms with van der Waals surface area (Å²) in [6.07, 6.45) is 8.79. The summed E-state index contributed by atoms with van der Waals surface area (Å²) in [6.45, 7) is 2.40. The number of nitrogens with zero attached hydrogens (tertiary/aromatic N) is 4. The van der Waals surface area contributed by atoms with Crippen molar-refractivity contribution >= 4 is 5.91 Å². The van der Waals surface area contributed by atoms with Gasteiger partial charge in [-0.1, -0.05) is 0 Å². The third-order valence-corrected chi connectivity index (χ3v) is 3.39. The fraction of sp³-hybridized carbons (Fsp3) is 0.385. The highest BCUT2D eigenvalue weighted by Crippen LogP contribution is 2.30. The molecule has 1 amide bonds. The van der Waals surface area contributed by atoms with Gasteiger partial charge in [0.2, 0.25) is 5.91 Å². The highest BCUT2D eigenvalue weighted by atomic mass is 16.2. The molecule has 1 aliphatic heterocycles. The molecule has 1 saturated heterocycles. The summed E-state index contributed by atoms with van der Waals surface area (Å²) in [5.74, 6) is 0.787. The van der Waals surface area contributed by atoms with Gasteiger partial charge in [-0.2, -0.15) is 0 Å². The number of carbonyl (C=O) groups excluding carboxylic acids is 1. The minimum absolute atomic E-state index is 0.0416. The molecule has 2 aromatic heterocycles. The van der Waals surface area contributed by atoms with Crippen LogP contribution < -0.4 is 0 Å². The average molecular weight is 257 g/mol. The lowest BCUT2D eigenvalue weighted by atomic mass is 10.1. The monoisotopic (exact) mass is 257 g/mol. The maximum absolute atomic E-state index is 11.6. The summed E-state index contributed by atoms with van der Waals surface area (Å²) in [5.41, 5.74) is 1.54. The molecule has 0 aromatic carbocycles. The Hall–Kier alpha value is -2.24. The average Bonchev–Trinajstić information content (AvgIpc) is 3.10. The first kappa shape index (κ1) is 11.8. The lowest BCUT2D eigenvalue weighted by Gasteiger charge is -2.22. The zero-order valence-corrected chi connectivity index (χ0v) is 10.7. The van der Waals surface area contributed by atoms with Gasteiger partial charge >= 0.3 is 0 Å². The van der Waals surface area contributed by atoms with E-state index in [0.29, 0.717) is 11.5 Å². The third-order valence-electron chi connectivity index (χ3n) is 3.39. The van der Waals surface area contributed by atoms with Crippen molar-refractivity contribution in [2.45, 2.75) is 25.8 Å². The van der Waals surface area contributed by atoms with Crippen LogP contribution in [0.5, 0.6) is 0 Å². The molecule has 19 heavy (non-hydrogen) atoms. The molecule has 98 valence electrons. The van der Waals surface area contributed by atoms with Crippen LogP contribution in [0.25, 0.3) is 11.5 Å². The Morgan fingerprint density at radius 1 is 1.47 bits per heavy atom. The van der Waals surface area contributed by atoms with E-state index >= 15 is 0 Å². The van der Waals surface area contributed by atoms with Gasteiger partial charge in [0, 0.05) is 25.9 Å². The largest absolute Gasteiger partial charge is 0.343 e. The number of amides is 1. The van der Waals surface area contributed by atoms with Crippen LogP contribution in [0.1, 0.15) is 31.5 Å². The normalized spacial score (nSPS) is 18.8. The molecule has 3 heterocycles. The summed E-state index contributed by atoms with van der Waals surface area (Å²) in [7, 11) is 0. The smallest absolute Gasteiger partial charge is 0.220 e. The quantitative estimate of drug-likeness (QED) is 0.885. The maximum atomic E-state index is 11.6. The number of H-pyrrole nitrogens is 1. The van der Waals surface area contributed by atoms with Gasteiger partial charge in [0.15, 0.2) is 5.82 Å². The van der Waals surface area contributed by atoms with E-state index in [1.54, 1.807) is 31.7 Å². The third kappa shape index (κ3) is 2.21. The summed E-state index contributed by atoms with van der Waals surface area (Å²) >= 11 is 0. The standard InChI is InChI=1S/C13H15N5O/c1-9(19)18-6-2-3-12(18)10-7-14-8-11(17-10)13-15-4-5-16-13/h4-5,7-8,12H,2-3,6H2,1H3,(H,15,16)/t12-/m0/s1. The molecule has 0 bridgehead atoms. The molecule has 0 aliphatic carbocycles. The number of aromatic amines is 1. The van der Waals surface area contributed by atoms with Gasteiger partial charge in [0.05, 0.1) is 24.1 Å². The van der Waals surface area contributed by atoms with Gasteiger partial charge in [-0.05, 0) is 12.8 Å². The van der Waals surface area contributed by atoms with E-state index < -0.39 is 0 Å². The molecule has 0 unspecified atom stereocenters. The van der Waals surface area contributed by atoms with E-state index in [4.69, 9.17) is 0 Å². The fourth-order valence-electron chi connectivity index (χ4n) is 2.51. The molecule has 1 N–H and O–H groups in total. The van der Waals surface area contributed by atoms with Crippen molar-refractivity contribution in [3.05, 3.63) is 30.5 Å². The molecule has 1 fully saturated rings. The van der Waals surface area contributed by atoms with Gasteiger partial charge in [-0.15, -0.1) is 0 Å². The second-order valence-electron chi connectivity index (χ2n) is 4.64. The molecule has 0 radical (unpaired) electrons. The first-order valence-electron chi connectivity index (χ1n) is 6.34. The van der Waals surface area contributed by atoms with Crippen LogP contribution in [0.15, 0.2) is 24.8 Å². The van der Waals surface area contributed by atoms with Crippen LogP contribution in [0.3, 0.4) is 0 Å². The molecule has 2 aromatic rings. The highest BCUT2D eigenvalue weighted by Gasteiger charge is 2.29. The SMILES string of the molecule is CC(=O)N1CCC[C@H]1c1cncc(-c2ncc[nH]2)n1. The van der Waals surface area contributed by atoms with Gasteiger partial charge in [0.1, 0.15) is 5.69 Å². The van der Waals surface area contributed by atoms with Gasteiger partial charge < -0.3 is 9.88 Å². The lowest BCUT2D eigenvalue weighted by molar-refractivity contribution is -0.129. The van der Waals surface area contributed by atoms with Crippen molar-refractivity contribution in [1.29, 1.82) is 0 Å². The summed E-state index contributed by atoms with van der Waals surface area (Å²) in [6, 6.07) is 0.0416. The zero-order chi connectivity index (χ0) is 13.2. The Bertz CT molecular complexity index is 580. The molecule has 0 spiro atoms. The number of likely N-dealkylation sites (tertiary alicyclic amines) is 1. The number of hydrogen-bond donors (Lipinski definition) is 1. The van der Waals surface area contributed by atoms with Gasteiger partial charge in [-0.3, -0.25) is 9.78 Å². The van der Waals surface area contributed by atoms with E-state index in [1.807, 2.05) is 4.90 Å². The first-order valence-corrected chi connectivity index (χ1v) is 6.34. The number of rotatable bonds is 2. The van der Waals surface area contributed by atoms with Crippen LogP contribution in [0.4, 0.5) is 0 Å². The number of hydrogen-bond acceptors (Lipinski definition) is 4. The topological polar surface area (TPSA) is 74.8 Å². The number of carbonyl (C=O) groups is 1. The van der Waals surface area contributed by atoms with Crippen LogP contribution in [0, 0.1) is 0 Å². The van der Waals surface area contributed by atoms with Crippen LogP contribution in [-0.4, -0.2) is 37.3 Å². The summed E-state index contributed by atoms with van der Waals surface area (Å²) in [4.78, 5) is 29.4. The second-order valence-corrected chi connectivity index (χ2v) is 4.64. The van der Waals surface area contributed by atoms with Crippen molar-refractivity contribution in [2.24, 2.45) is 0 Å². The molecular weight excluding hydrogens is 242 g/mol. The molecule has 0 saturated carbocycles. The number of imidazole rings is 1. The molecular formula is C13H15N5O. The van der Waals surface area contributed by atoms with Crippen molar-refractivity contribution < 1.29 is 4.79 Å². The van der Waals surface area contributed by atoms with Crippen LogP contribution in [-0.2, 0) is 4.79 Å². The summed E-state index contributed by atoms with van der Waals surface area (Å²) in [5, 5.41) is 0. The molecule has 6 nitrogen and oxygen atoms in total. The van der Waals surface area contributed by atoms with Crippen molar-refractivity contribution in [3.63, 3.8) is 0 Å². The Kier molecular flexibility index (Phi) is 2.98. The second kappa shape index (κ2) is 4.79. The molecule has 3 rings (SSSR count). The van der Waals surface area contributed by atoms with Crippen LogP contribution >= 0.6 is 0 Å². The highest BCUT2D eigenvalue weighted by molar-refractivity contribution is 5.74. The lowest BCUT2D eigenvalue weighted by Crippen LogP contribution is -2.28. The fourth-order valence-corrected chi connectivity index (χ4v) is 2.51. The van der Waals surface area contributed by atoms with Crippen LogP contribution in [0.2, 0.25) is 0 Å². The molecule has 1 aliphatic rings. The molecule has 6 heteroatoms.